The highest BCUT2D eigenvalue weighted by atomic mass is 127. The van der Waals surface area contributed by atoms with Crippen molar-refractivity contribution in [3.63, 3.8) is 0 Å². The molecule has 0 aromatic heterocycles. The normalized spacial score (nSPS) is 10.8. The van der Waals surface area contributed by atoms with Crippen molar-refractivity contribution in [2.75, 3.05) is 13.1 Å². The van der Waals surface area contributed by atoms with Gasteiger partial charge in [-0.25, -0.2) is 9.38 Å². The molecule has 0 aliphatic heterocycles. The van der Waals surface area contributed by atoms with E-state index < -0.39 is 5.91 Å². The van der Waals surface area contributed by atoms with E-state index in [1.807, 2.05) is 13.0 Å². The fourth-order valence-corrected chi connectivity index (χ4v) is 2.31. The zero-order chi connectivity index (χ0) is 18.1. The molecule has 0 saturated carbocycles. The number of carbonyl (C=O) groups is 1. The minimum Gasteiger partial charge on any atom is -0.366 e. The highest BCUT2D eigenvalue weighted by Gasteiger charge is 2.02. The van der Waals surface area contributed by atoms with Crippen molar-refractivity contribution in [2.45, 2.75) is 19.9 Å². The Morgan fingerprint density at radius 2 is 1.85 bits per heavy atom. The number of guanidine groups is 1. The minimum atomic E-state index is -0.449. The molecule has 0 saturated heterocycles. The van der Waals surface area contributed by atoms with E-state index in [2.05, 4.69) is 15.6 Å². The van der Waals surface area contributed by atoms with E-state index in [0.29, 0.717) is 24.6 Å². The Kier molecular flexibility index (Phi) is 9.64. The van der Waals surface area contributed by atoms with E-state index in [9.17, 15) is 9.18 Å². The fraction of sp³-hybridized carbons (Fsp3) is 0.263. The molecule has 140 valence electrons. The molecule has 1 amide bonds. The molecule has 0 atom stereocenters. The third kappa shape index (κ3) is 7.38. The van der Waals surface area contributed by atoms with Gasteiger partial charge in [0.1, 0.15) is 5.82 Å². The van der Waals surface area contributed by atoms with Crippen molar-refractivity contribution >= 4 is 35.8 Å². The number of nitrogens with two attached hydrogens (primary N) is 1. The highest BCUT2D eigenvalue weighted by Crippen LogP contribution is 2.06. The standard InChI is InChI=1S/C19H23FN4O.HI/c1-2-22-19(23-11-10-14-6-8-17(20)9-7-14)24-13-15-4-3-5-16(12-15)18(21)25;/h3-9,12H,2,10-11,13H2,1H3,(H2,21,25)(H2,22,23,24);1H. The molecule has 0 aliphatic rings. The summed E-state index contributed by atoms with van der Waals surface area (Å²) >= 11 is 0. The first-order valence-corrected chi connectivity index (χ1v) is 8.24. The van der Waals surface area contributed by atoms with E-state index in [4.69, 9.17) is 5.73 Å². The number of nitrogens with one attached hydrogen (secondary N) is 2. The molecular weight excluding hydrogens is 446 g/mol. The molecule has 7 heteroatoms. The molecule has 4 N–H and O–H groups in total. The van der Waals surface area contributed by atoms with Crippen molar-refractivity contribution in [3.05, 3.63) is 71.0 Å². The second kappa shape index (κ2) is 11.5. The molecule has 2 aromatic rings. The van der Waals surface area contributed by atoms with Crippen LogP contribution in [0.5, 0.6) is 0 Å². The maximum absolute atomic E-state index is 12.9. The number of primary amides is 1. The summed E-state index contributed by atoms with van der Waals surface area (Å²) < 4.78 is 12.9. The Hall–Kier alpha value is -2.16. The number of hydrogen-bond donors (Lipinski definition) is 3. The Labute approximate surface area is 170 Å². The molecule has 2 rings (SSSR count). The first kappa shape index (κ1) is 21.9. The predicted octanol–water partition coefficient (Wildman–Crippen LogP) is 2.84. The molecular formula is C19H24FIN4O. The lowest BCUT2D eigenvalue weighted by Gasteiger charge is -2.11. The van der Waals surface area contributed by atoms with Crippen molar-refractivity contribution in [1.29, 1.82) is 0 Å². The second-order valence-electron chi connectivity index (χ2n) is 5.56. The fourth-order valence-electron chi connectivity index (χ4n) is 2.31. The first-order valence-electron chi connectivity index (χ1n) is 8.24. The van der Waals surface area contributed by atoms with Gasteiger partial charge >= 0.3 is 0 Å². The van der Waals surface area contributed by atoms with Crippen LogP contribution in [-0.4, -0.2) is 25.0 Å². The molecule has 0 spiro atoms. The average Bonchev–Trinajstić information content (AvgIpc) is 2.61. The number of carbonyl (C=O) groups excluding carboxylic acids is 1. The third-order valence-corrected chi connectivity index (χ3v) is 3.59. The summed E-state index contributed by atoms with van der Waals surface area (Å²) in [5.41, 5.74) is 7.73. The molecule has 0 bridgehead atoms. The summed E-state index contributed by atoms with van der Waals surface area (Å²) in [5.74, 6) is 0.00838. The number of hydrogen-bond acceptors (Lipinski definition) is 2. The van der Waals surface area contributed by atoms with Crippen molar-refractivity contribution in [1.82, 2.24) is 10.6 Å². The lowest BCUT2D eigenvalue weighted by Crippen LogP contribution is -2.38. The summed E-state index contributed by atoms with van der Waals surface area (Å²) in [4.78, 5) is 15.7. The number of halogens is 2. The van der Waals surface area contributed by atoms with Gasteiger partial charge in [0.05, 0.1) is 6.54 Å². The Bertz CT molecular complexity index is 735. The quantitative estimate of drug-likeness (QED) is 0.331. The summed E-state index contributed by atoms with van der Waals surface area (Å²) in [7, 11) is 0. The molecule has 0 unspecified atom stereocenters. The van der Waals surface area contributed by atoms with Gasteiger partial charge in [-0.05, 0) is 48.7 Å². The van der Waals surface area contributed by atoms with Crippen molar-refractivity contribution < 1.29 is 9.18 Å². The van der Waals surface area contributed by atoms with Gasteiger partial charge in [-0.3, -0.25) is 4.79 Å². The minimum absolute atomic E-state index is 0. The monoisotopic (exact) mass is 470 g/mol. The summed E-state index contributed by atoms with van der Waals surface area (Å²) in [5, 5.41) is 6.42. The van der Waals surface area contributed by atoms with Gasteiger partial charge in [-0.15, -0.1) is 24.0 Å². The number of benzene rings is 2. The van der Waals surface area contributed by atoms with Crippen LogP contribution >= 0.6 is 24.0 Å². The van der Waals surface area contributed by atoms with E-state index in [0.717, 1.165) is 24.1 Å². The van der Waals surface area contributed by atoms with Crippen LogP contribution in [0.1, 0.15) is 28.4 Å². The zero-order valence-electron chi connectivity index (χ0n) is 14.7. The number of nitrogens with zero attached hydrogens (tertiary/aromatic N) is 1. The van der Waals surface area contributed by atoms with Crippen molar-refractivity contribution in [3.8, 4) is 0 Å². The van der Waals surface area contributed by atoms with Crippen LogP contribution in [0.15, 0.2) is 53.5 Å². The number of amides is 1. The van der Waals surface area contributed by atoms with Crippen LogP contribution in [-0.2, 0) is 13.0 Å². The third-order valence-electron chi connectivity index (χ3n) is 3.59. The number of aliphatic imine (C=N–C) groups is 1. The van der Waals surface area contributed by atoms with Gasteiger partial charge in [-0.1, -0.05) is 24.3 Å². The van der Waals surface area contributed by atoms with Gasteiger partial charge in [-0.2, -0.15) is 0 Å². The van der Waals surface area contributed by atoms with Crippen LogP contribution in [0.4, 0.5) is 4.39 Å². The van der Waals surface area contributed by atoms with E-state index in [-0.39, 0.29) is 29.8 Å². The smallest absolute Gasteiger partial charge is 0.248 e. The molecule has 0 radical (unpaired) electrons. The Morgan fingerprint density at radius 3 is 2.50 bits per heavy atom. The lowest BCUT2D eigenvalue weighted by atomic mass is 10.1. The van der Waals surface area contributed by atoms with E-state index in [1.165, 1.54) is 12.1 Å². The van der Waals surface area contributed by atoms with Gasteiger partial charge in [0, 0.05) is 18.7 Å². The van der Waals surface area contributed by atoms with Gasteiger partial charge in [0.2, 0.25) is 5.91 Å². The Balaban J connectivity index is 0.00000338. The largest absolute Gasteiger partial charge is 0.366 e. The van der Waals surface area contributed by atoms with Crippen LogP contribution in [0.25, 0.3) is 0 Å². The summed E-state index contributed by atoms with van der Waals surface area (Å²) in [6.45, 7) is 3.85. The summed E-state index contributed by atoms with van der Waals surface area (Å²) in [6.07, 6.45) is 0.766. The van der Waals surface area contributed by atoms with E-state index >= 15 is 0 Å². The molecule has 0 aliphatic carbocycles. The maximum Gasteiger partial charge on any atom is 0.248 e. The van der Waals surface area contributed by atoms with E-state index in [1.54, 1.807) is 30.3 Å². The van der Waals surface area contributed by atoms with Crippen molar-refractivity contribution in [2.24, 2.45) is 10.7 Å². The Morgan fingerprint density at radius 1 is 1.12 bits per heavy atom. The van der Waals surface area contributed by atoms with Gasteiger partial charge < -0.3 is 16.4 Å². The van der Waals surface area contributed by atoms with Crippen LogP contribution in [0.2, 0.25) is 0 Å². The molecule has 2 aromatic carbocycles. The lowest BCUT2D eigenvalue weighted by molar-refractivity contribution is 0.1000. The molecule has 0 fully saturated rings. The molecule has 0 heterocycles. The topological polar surface area (TPSA) is 79.5 Å². The maximum atomic E-state index is 12.9. The summed E-state index contributed by atoms with van der Waals surface area (Å²) in [6, 6.07) is 13.6. The number of rotatable bonds is 7. The van der Waals surface area contributed by atoms with Gasteiger partial charge in [0.15, 0.2) is 5.96 Å². The molecule has 26 heavy (non-hydrogen) atoms. The average molecular weight is 470 g/mol. The van der Waals surface area contributed by atoms with Gasteiger partial charge in [0.25, 0.3) is 0 Å². The first-order chi connectivity index (χ1) is 12.1. The zero-order valence-corrected chi connectivity index (χ0v) is 17.0. The predicted molar refractivity (Wildman–Crippen MR) is 113 cm³/mol. The highest BCUT2D eigenvalue weighted by molar-refractivity contribution is 14.0. The van der Waals surface area contributed by atoms with Crippen LogP contribution in [0.3, 0.4) is 0 Å². The van der Waals surface area contributed by atoms with Crippen LogP contribution in [0, 0.1) is 5.82 Å². The SMILES string of the molecule is CCNC(=NCc1cccc(C(N)=O)c1)NCCc1ccc(F)cc1.I. The molecule has 5 nitrogen and oxygen atoms in total. The second-order valence-corrected chi connectivity index (χ2v) is 5.56. The van der Waals surface area contributed by atoms with Crippen LogP contribution < -0.4 is 16.4 Å².